The Balaban J connectivity index is 2.72. The largest absolute Gasteiger partial charge is 0.496 e. The maximum atomic E-state index is 12.2. The van der Waals surface area contributed by atoms with Crippen molar-refractivity contribution in [2.24, 2.45) is 0 Å². The van der Waals surface area contributed by atoms with Gasteiger partial charge in [0.25, 0.3) is 5.91 Å². The molecule has 0 saturated carbocycles. The van der Waals surface area contributed by atoms with E-state index < -0.39 is 6.09 Å². The minimum atomic E-state index is -1.02. The Morgan fingerprint density at radius 3 is 2.40 bits per heavy atom. The molecular weight excluding hydrogens is 328 g/mol. The molecule has 0 aliphatic heterocycles. The third kappa shape index (κ3) is 4.12. The second-order valence-corrected chi connectivity index (χ2v) is 5.13. The van der Waals surface area contributed by atoms with Crippen LogP contribution in [0.1, 0.15) is 10.4 Å². The van der Waals surface area contributed by atoms with E-state index in [1.165, 1.54) is 19.1 Å². The Morgan fingerprint density at radius 1 is 1.25 bits per heavy atom. The molecule has 1 N–H and O–H groups in total. The fraction of sp³-hybridized carbons (Fsp3) is 0.385. The van der Waals surface area contributed by atoms with E-state index in [0.717, 1.165) is 9.37 Å². The molecule has 0 heterocycles. The smallest absolute Gasteiger partial charge is 0.407 e. The molecule has 0 bridgehead atoms. The van der Waals surface area contributed by atoms with E-state index in [1.54, 1.807) is 25.2 Å². The molecule has 0 fully saturated rings. The fourth-order valence-corrected chi connectivity index (χ4v) is 1.92. The molecule has 0 aliphatic rings. The molecule has 20 heavy (non-hydrogen) atoms. The van der Waals surface area contributed by atoms with Gasteiger partial charge in [-0.1, -0.05) is 0 Å². The first-order valence-electron chi connectivity index (χ1n) is 5.90. The third-order valence-electron chi connectivity index (χ3n) is 2.84. The normalized spacial score (nSPS) is 10.0. The summed E-state index contributed by atoms with van der Waals surface area (Å²) in [6, 6.07) is 5.07. The van der Waals surface area contributed by atoms with Crippen molar-refractivity contribution in [3.05, 3.63) is 28.2 Å². The number of hydrogen-bond donors (Lipinski definition) is 1. The fourth-order valence-electron chi connectivity index (χ4n) is 1.51. The number of methoxy groups -OCH3 is 1. The summed E-state index contributed by atoms with van der Waals surface area (Å²) in [5, 5.41) is 8.75. The lowest BCUT2D eigenvalue weighted by Gasteiger charge is -2.21. The first-order chi connectivity index (χ1) is 9.36. The summed E-state index contributed by atoms with van der Waals surface area (Å²) >= 11 is 3.32. The average molecular weight is 345 g/mol. The van der Waals surface area contributed by atoms with Crippen LogP contribution in [0.4, 0.5) is 4.79 Å². The maximum absolute atomic E-state index is 12.2. The van der Waals surface area contributed by atoms with Gasteiger partial charge in [0.2, 0.25) is 0 Å². The lowest BCUT2D eigenvalue weighted by atomic mass is 10.2. The van der Waals surface area contributed by atoms with Crippen molar-refractivity contribution in [1.82, 2.24) is 9.80 Å². The lowest BCUT2D eigenvalue weighted by Crippen LogP contribution is -2.36. The number of carboxylic acid groups (broad SMARTS) is 1. The zero-order valence-corrected chi connectivity index (χ0v) is 13.2. The van der Waals surface area contributed by atoms with Gasteiger partial charge >= 0.3 is 6.09 Å². The number of amides is 2. The number of likely N-dealkylation sites (N-methyl/N-ethyl adjacent to an activating group) is 2. The Morgan fingerprint density at radius 2 is 1.85 bits per heavy atom. The van der Waals surface area contributed by atoms with Crippen molar-refractivity contribution in [2.75, 3.05) is 34.3 Å². The minimum Gasteiger partial charge on any atom is -0.496 e. The molecule has 2 amide bonds. The molecule has 1 aromatic carbocycles. The van der Waals surface area contributed by atoms with Crippen LogP contribution in [0.25, 0.3) is 0 Å². The number of ether oxygens (including phenoxy) is 1. The van der Waals surface area contributed by atoms with Crippen molar-refractivity contribution < 1.29 is 19.4 Å². The minimum absolute atomic E-state index is 0.186. The van der Waals surface area contributed by atoms with Gasteiger partial charge in [-0.2, -0.15) is 0 Å². The Kier molecular flexibility index (Phi) is 5.82. The van der Waals surface area contributed by atoms with E-state index in [9.17, 15) is 9.59 Å². The number of benzene rings is 1. The SMILES string of the molecule is COc1cc(C(=O)N(C)CCN(C)C(=O)O)ccc1Br. The van der Waals surface area contributed by atoms with Crippen molar-refractivity contribution in [1.29, 1.82) is 0 Å². The van der Waals surface area contributed by atoms with Gasteiger partial charge in [0.1, 0.15) is 5.75 Å². The highest BCUT2D eigenvalue weighted by Crippen LogP contribution is 2.25. The molecule has 1 aromatic rings. The molecule has 7 heteroatoms. The number of carbonyl (C=O) groups excluding carboxylic acids is 1. The zero-order valence-electron chi connectivity index (χ0n) is 11.6. The molecule has 6 nitrogen and oxygen atoms in total. The van der Waals surface area contributed by atoms with Crippen LogP contribution in [0.15, 0.2) is 22.7 Å². The van der Waals surface area contributed by atoms with Crippen LogP contribution in [0, 0.1) is 0 Å². The van der Waals surface area contributed by atoms with Crippen LogP contribution in [0.2, 0.25) is 0 Å². The third-order valence-corrected chi connectivity index (χ3v) is 3.50. The number of carbonyl (C=O) groups is 2. The van der Waals surface area contributed by atoms with E-state index >= 15 is 0 Å². The van der Waals surface area contributed by atoms with E-state index in [-0.39, 0.29) is 12.5 Å². The number of hydrogen-bond acceptors (Lipinski definition) is 3. The predicted octanol–water partition coefficient (Wildman–Crippen LogP) is 2.14. The summed E-state index contributed by atoms with van der Waals surface area (Å²) in [7, 11) is 4.62. The summed E-state index contributed by atoms with van der Waals surface area (Å²) in [5.41, 5.74) is 0.491. The van der Waals surface area contributed by atoms with Crippen LogP contribution >= 0.6 is 15.9 Å². The summed E-state index contributed by atoms with van der Waals surface area (Å²) in [6.45, 7) is 0.575. The molecular formula is C13H17BrN2O4. The van der Waals surface area contributed by atoms with Gasteiger partial charge in [0.05, 0.1) is 11.6 Å². The molecule has 0 saturated heterocycles. The van der Waals surface area contributed by atoms with E-state index in [0.29, 0.717) is 17.9 Å². The topological polar surface area (TPSA) is 70.1 Å². The first-order valence-corrected chi connectivity index (χ1v) is 6.69. The van der Waals surface area contributed by atoms with E-state index in [4.69, 9.17) is 9.84 Å². The van der Waals surface area contributed by atoms with Gasteiger partial charge in [-0.15, -0.1) is 0 Å². The van der Waals surface area contributed by atoms with Crippen LogP contribution in [-0.4, -0.2) is 61.2 Å². The van der Waals surface area contributed by atoms with Crippen molar-refractivity contribution in [3.63, 3.8) is 0 Å². The highest BCUT2D eigenvalue weighted by atomic mass is 79.9. The molecule has 0 atom stereocenters. The maximum Gasteiger partial charge on any atom is 0.407 e. The molecule has 0 unspecified atom stereocenters. The number of halogens is 1. The Hall–Kier alpha value is -1.76. The van der Waals surface area contributed by atoms with Crippen molar-refractivity contribution in [3.8, 4) is 5.75 Å². The summed E-state index contributed by atoms with van der Waals surface area (Å²) in [5.74, 6) is 0.390. The van der Waals surface area contributed by atoms with Crippen LogP contribution in [0.5, 0.6) is 5.75 Å². The molecule has 1 rings (SSSR count). The van der Waals surface area contributed by atoms with Gasteiger partial charge in [0.15, 0.2) is 0 Å². The Bertz CT molecular complexity index is 507. The average Bonchev–Trinajstić information content (AvgIpc) is 2.43. The van der Waals surface area contributed by atoms with Gasteiger partial charge in [-0.3, -0.25) is 4.79 Å². The molecule has 0 aromatic heterocycles. The van der Waals surface area contributed by atoms with Crippen molar-refractivity contribution >= 4 is 27.9 Å². The zero-order chi connectivity index (χ0) is 15.3. The summed E-state index contributed by atoms with van der Waals surface area (Å²) < 4.78 is 5.91. The quantitative estimate of drug-likeness (QED) is 0.888. The first kappa shape index (κ1) is 16.3. The predicted molar refractivity (Wildman–Crippen MR) is 78.3 cm³/mol. The monoisotopic (exact) mass is 344 g/mol. The van der Waals surface area contributed by atoms with Gasteiger partial charge in [0, 0.05) is 32.7 Å². The number of rotatable bonds is 5. The Labute approximate surface area is 126 Å². The van der Waals surface area contributed by atoms with E-state index in [1.807, 2.05) is 0 Å². The molecule has 0 spiro atoms. The van der Waals surface area contributed by atoms with Crippen LogP contribution in [-0.2, 0) is 0 Å². The van der Waals surface area contributed by atoms with Gasteiger partial charge < -0.3 is 19.6 Å². The number of nitrogens with zero attached hydrogens (tertiary/aromatic N) is 2. The van der Waals surface area contributed by atoms with Gasteiger partial charge in [-0.05, 0) is 34.1 Å². The summed E-state index contributed by atoms with van der Waals surface area (Å²) in [4.78, 5) is 25.5. The van der Waals surface area contributed by atoms with Crippen LogP contribution < -0.4 is 4.74 Å². The summed E-state index contributed by atoms with van der Waals surface area (Å²) in [6.07, 6.45) is -1.02. The lowest BCUT2D eigenvalue weighted by molar-refractivity contribution is 0.0778. The van der Waals surface area contributed by atoms with Crippen molar-refractivity contribution in [2.45, 2.75) is 0 Å². The highest BCUT2D eigenvalue weighted by molar-refractivity contribution is 9.10. The molecule has 0 radical (unpaired) electrons. The highest BCUT2D eigenvalue weighted by Gasteiger charge is 2.15. The molecule has 110 valence electrons. The standard InChI is InChI=1S/C13H17BrN2O4/c1-15(6-7-16(2)13(18)19)12(17)9-4-5-10(14)11(8-9)20-3/h4-5,8H,6-7H2,1-3H3,(H,18,19). The van der Waals surface area contributed by atoms with E-state index in [2.05, 4.69) is 15.9 Å². The second-order valence-electron chi connectivity index (χ2n) is 4.28. The molecule has 0 aliphatic carbocycles. The van der Waals surface area contributed by atoms with Gasteiger partial charge in [-0.25, -0.2) is 4.79 Å². The van der Waals surface area contributed by atoms with Crippen LogP contribution in [0.3, 0.4) is 0 Å². The second kappa shape index (κ2) is 7.14.